The van der Waals surface area contributed by atoms with Crippen LogP contribution in [0.3, 0.4) is 0 Å². The highest BCUT2D eigenvalue weighted by Crippen LogP contribution is 2.05. The third-order valence-electron chi connectivity index (χ3n) is 2.91. The van der Waals surface area contributed by atoms with Gasteiger partial charge in [-0.25, -0.2) is 0 Å². The van der Waals surface area contributed by atoms with Crippen molar-refractivity contribution in [1.82, 2.24) is 0 Å². The number of ketones is 1. The molecule has 0 heterocycles. The van der Waals surface area contributed by atoms with Gasteiger partial charge < -0.3 is 4.79 Å². The van der Waals surface area contributed by atoms with Crippen LogP contribution in [0, 0.1) is 13.8 Å². The Kier molecular flexibility index (Phi) is 12.8. The van der Waals surface area contributed by atoms with Crippen molar-refractivity contribution in [2.75, 3.05) is 0 Å². The van der Waals surface area contributed by atoms with Gasteiger partial charge in [0.2, 0.25) is 0 Å². The zero-order valence-electron chi connectivity index (χ0n) is 14.4. The van der Waals surface area contributed by atoms with Crippen LogP contribution in [0.2, 0.25) is 0 Å². The van der Waals surface area contributed by atoms with Gasteiger partial charge in [-0.15, -0.1) is 0 Å². The lowest BCUT2D eigenvalue weighted by Crippen LogP contribution is -1.74. The summed E-state index contributed by atoms with van der Waals surface area (Å²) in [4.78, 5) is 9.44. The highest BCUT2D eigenvalue weighted by atomic mass is 16.1. The van der Waals surface area contributed by atoms with Crippen LogP contribution in [0.4, 0.5) is 0 Å². The van der Waals surface area contributed by atoms with Gasteiger partial charge in [0.05, 0.1) is 0 Å². The predicted octanol–water partition coefficient (Wildman–Crippen LogP) is 5.82. The molecule has 0 saturated carbocycles. The van der Waals surface area contributed by atoms with Crippen LogP contribution < -0.4 is 0 Å². The molecule has 0 spiro atoms. The van der Waals surface area contributed by atoms with E-state index in [1.165, 1.54) is 36.1 Å². The molecule has 0 aliphatic carbocycles. The van der Waals surface area contributed by atoms with Gasteiger partial charge in [0.1, 0.15) is 5.78 Å². The van der Waals surface area contributed by atoms with Crippen molar-refractivity contribution in [1.29, 1.82) is 0 Å². The maximum atomic E-state index is 9.44. The second-order valence-corrected chi connectivity index (χ2v) is 4.94. The third kappa shape index (κ3) is 12.8. The van der Waals surface area contributed by atoms with E-state index in [0.717, 1.165) is 0 Å². The van der Waals surface area contributed by atoms with Crippen LogP contribution in [0.1, 0.15) is 52.7 Å². The van der Waals surface area contributed by atoms with Gasteiger partial charge in [0.25, 0.3) is 0 Å². The predicted molar refractivity (Wildman–Crippen MR) is 91.1 cm³/mol. The minimum Gasteiger partial charge on any atom is -0.300 e. The van der Waals surface area contributed by atoms with Crippen molar-refractivity contribution in [2.45, 2.75) is 55.4 Å². The van der Waals surface area contributed by atoms with Crippen molar-refractivity contribution in [3.05, 3.63) is 58.7 Å². The van der Waals surface area contributed by atoms with Crippen molar-refractivity contribution in [2.24, 2.45) is 0 Å². The minimum absolute atomic E-state index is 0.167. The number of benzene rings is 1. The summed E-state index contributed by atoms with van der Waals surface area (Å²) in [6.45, 7) is 15.7. The lowest BCUT2D eigenvalue weighted by molar-refractivity contribution is -0.114. The van der Waals surface area contributed by atoms with Crippen LogP contribution >= 0.6 is 0 Å². The molecular weight excluding hydrogens is 244 g/mol. The summed E-state index contributed by atoms with van der Waals surface area (Å²) in [7, 11) is 0. The molecule has 0 atom stereocenters. The van der Waals surface area contributed by atoms with E-state index in [9.17, 15) is 4.79 Å². The summed E-state index contributed by atoms with van der Waals surface area (Å²) in [6.07, 6.45) is 4.24. The Bertz CT molecular complexity index is 410. The number of hydrogen-bond donors (Lipinski definition) is 0. The number of carbonyl (C=O) groups excluding carboxylic acids is 1. The van der Waals surface area contributed by atoms with Crippen LogP contribution in [0.15, 0.2) is 47.6 Å². The summed E-state index contributed by atoms with van der Waals surface area (Å²) in [5, 5.41) is 0. The van der Waals surface area contributed by atoms with E-state index in [0.29, 0.717) is 0 Å². The van der Waals surface area contributed by atoms with Crippen LogP contribution in [0.5, 0.6) is 0 Å². The monoisotopic (exact) mass is 274 g/mol. The fraction of sp³-hybridized carbons (Fsp3) is 0.421. The molecule has 0 aliphatic heterocycles. The molecular formula is C19H30O. The topological polar surface area (TPSA) is 17.1 Å². The molecule has 1 heteroatoms. The Morgan fingerprint density at radius 1 is 0.800 bits per heavy atom. The number of aryl methyl sites for hydroxylation is 2. The number of Topliss-reactive ketones (excluding diaryl/α,β-unsaturated/α-hetero) is 1. The molecule has 0 bridgehead atoms. The molecule has 1 nitrogen and oxygen atoms in total. The summed E-state index contributed by atoms with van der Waals surface area (Å²) in [6, 6.07) is 8.36. The average molecular weight is 274 g/mol. The van der Waals surface area contributed by atoms with E-state index in [1.807, 2.05) is 0 Å². The number of allylic oxidation sites excluding steroid dienone is 4. The summed E-state index contributed by atoms with van der Waals surface area (Å²) in [5.74, 6) is 0.167. The second-order valence-electron chi connectivity index (χ2n) is 4.94. The van der Waals surface area contributed by atoms with E-state index >= 15 is 0 Å². The van der Waals surface area contributed by atoms with Gasteiger partial charge in [0.15, 0.2) is 0 Å². The van der Waals surface area contributed by atoms with E-state index in [4.69, 9.17) is 0 Å². The van der Waals surface area contributed by atoms with Crippen LogP contribution in [-0.4, -0.2) is 5.78 Å². The number of carbonyl (C=O) groups is 1. The zero-order valence-corrected chi connectivity index (χ0v) is 14.4. The molecule has 0 aliphatic rings. The standard InChI is InChI=1S/C8H10.C8H14.C3H6O/c1-7-5-3-4-6-8(7)2;1-5-7(3)8(4)6-2;1-3(2)4/h3-6H,1-2H3;5-6H,1-4H3;1-2H3/b;7-5-,8-6-;. The van der Waals surface area contributed by atoms with Gasteiger partial charge in [-0.1, -0.05) is 47.6 Å². The van der Waals surface area contributed by atoms with Gasteiger partial charge in [-0.3, -0.25) is 0 Å². The largest absolute Gasteiger partial charge is 0.300 e. The van der Waals surface area contributed by atoms with E-state index < -0.39 is 0 Å². The molecule has 0 amide bonds. The third-order valence-corrected chi connectivity index (χ3v) is 2.91. The molecule has 0 unspecified atom stereocenters. The maximum Gasteiger partial charge on any atom is 0.126 e. The normalized spacial score (nSPS) is 10.8. The molecule has 20 heavy (non-hydrogen) atoms. The first-order valence-corrected chi connectivity index (χ1v) is 7.01. The lowest BCUT2D eigenvalue weighted by atomic mass is 10.1. The van der Waals surface area contributed by atoms with E-state index in [2.05, 4.69) is 78.0 Å². The van der Waals surface area contributed by atoms with Crippen molar-refractivity contribution >= 4 is 5.78 Å². The fourth-order valence-corrected chi connectivity index (χ4v) is 1.12. The average Bonchev–Trinajstić information content (AvgIpc) is 2.40. The molecule has 1 rings (SSSR count). The molecule has 0 radical (unpaired) electrons. The van der Waals surface area contributed by atoms with E-state index in [-0.39, 0.29) is 5.78 Å². The van der Waals surface area contributed by atoms with Crippen molar-refractivity contribution < 1.29 is 4.79 Å². The Labute approximate surface area is 125 Å². The molecule has 0 N–H and O–H groups in total. The molecule has 1 aromatic carbocycles. The van der Waals surface area contributed by atoms with Gasteiger partial charge in [0, 0.05) is 0 Å². The van der Waals surface area contributed by atoms with Crippen molar-refractivity contribution in [3.63, 3.8) is 0 Å². The Morgan fingerprint density at radius 2 is 1.05 bits per heavy atom. The molecule has 112 valence electrons. The smallest absolute Gasteiger partial charge is 0.126 e. The maximum absolute atomic E-state index is 9.44. The Morgan fingerprint density at radius 3 is 1.20 bits per heavy atom. The number of rotatable bonds is 1. The molecule has 0 saturated heterocycles. The molecule has 1 aromatic rings. The van der Waals surface area contributed by atoms with Crippen molar-refractivity contribution in [3.8, 4) is 0 Å². The highest BCUT2D eigenvalue weighted by Gasteiger charge is 1.85. The Hall–Kier alpha value is -1.63. The first kappa shape index (κ1) is 20.7. The molecule has 0 aromatic heterocycles. The van der Waals surface area contributed by atoms with Gasteiger partial charge in [-0.05, 0) is 66.5 Å². The summed E-state index contributed by atoms with van der Waals surface area (Å²) >= 11 is 0. The minimum atomic E-state index is 0.167. The molecule has 0 fully saturated rings. The van der Waals surface area contributed by atoms with Crippen LogP contribution in [-0.2, 0) is 4.79 Å². The SMILES string of the molecule is C/C=C(C)\C(C)=C/C.CC(C)=O.Cc1ccccc1C. The first-order valence-electron chi connectivity index (χ1n) is 7.01. The lowest BCUT2D eigenvalue weighted by Gasteiger charge is -1.95. The summed E-state index contributed by atoms with van der Waals surface area (Å²) in [5.41, 5.74) is 5.47. The Balaban J connectivity index is 0. The quantitative estimate of drug-likeness (QED) is 0.590. The second kappa shape index (κ2) is 12.4. The number of hydrogen-bond acceptors (Lipinski definition) is 1. The highest BCUT2D eigenvalue weighted by molar-refractivity contribution is 5.72. The first-order chi connectivity index (χ1) is 9.26. The fourth-order valence-electron chi connectivity index (χ4n) is 1.12. The zero-order chi connectivity index (χ0) is 16.1. The van der Waals surface area contributed by atoms with Gasteiger partial charge in [-0.2, -0.15) is 0 Å². The summed E-state index contributed by atoms with van der Waals surface area (Å²) < 4.78 is 0. The van der Waals surface area contributed by atoms with Gasteiger partial charge >= 0.3 is 0 Å². The van der Waals surface area contributed by atoms with E-state index in [1.54, 1.807) is 0 Å². The van der Waals surface area contributed by atoms with Crippen LogP contribution in [0.25, 0.3) is 0 Å².